The third kappa shape index (κ3) is 2.30. The molecule has 0 spiro atoms. The number of nitrogens with one attached hydrogen (secondary N) is 1. The maximum Gasteiger partial charge on any atom is 0.270 e. The van der Waals surface area contributed by atoms with Crippen molar-refractivity contribution in [1.29, 1.82) is 0 Å². The van der Waals surface area contributed by atoms with Crippen LogP contribution in [-0.4, -0.2) is 53.9 Å². The number of hydrogen-bond donors (Lipinski definition) is 1. The fourth-order valence-corrected chi connectivity index (χ4v) is 2.85. The van der Waals surface area contributed by atoms with E-state index in [0.717, 1.165) is 42.6 Å². The molecule has 20 heavy (non-hydrogen) atoms. The Hall–Kier alpha value is -1.52. The number of likely N-dealkylation sites (N-methyl/N-ethyl adjacent to an activating group) is 1. The van der Waals surface area contributed by atoms with Crippen molar-refractivity contribution in [2.45, 2.75) is 6.92 Å². The SMILES string of the molecule is Cc1c(C(=O)N2CCN(C)CC2)[nH]c2ccc(Cl)cc12. The normalized spacial score (nSPS) is 16.9. The molecule has 0 saturated carbocycles. The van der Waals surface area contributed by atoms with Crippen molar-refractivity contribution >= 4 is 28.4 Å². The van der Waals surface area contributed by atoms with Gasteiger partial charge in [-0.2, -0.15) is 0 Å². The van der Waals surface area contributed by atoms with Crippen molar-refractivity contribution in [2.75, 3.05) is 33.2 Å². The first-order valence-electron chi connectivity index (χ1n) is 6.82. The van der Waals surface area contributed by atoms with E-state index in [-0.39, 0.29) is 5.91 Å². The van der Waals surface area contributed by atoms with Crippen molar-refractivity contribution in [3.8, 4) is 0 Å². The molecule has 0 unspecified atom stereocenters. The number of aromatic amines is 1. The molecule has 1 N–H and O–H groups in total. The number of fused-ring (bicyclic) bond motifs is 1. The maximum absolute atomic E-state index is 12.6. The summed E-state index contributed by atoms with van der Waals surface area (Å²) in [7, 11) is 2.08. The van der Waals surface area contributed by atoms with Crippen molar-refractivity contribution in [3.05, 3.63) is 34.5 Å². The molecule has 0 bridgehead atoms. The largest absolute Gasteiger partial charge is 0.350 e. The smallest absolute Gasteiger partial charge is 0.270 e. The van der Waals surface area contributed by atoms with Crippen LogP contribution in [0.2, 0.25) is 5.02 Å². The molecule has 0 radical (unpaired) electrons. The molecular formula is C15H18ClN3O. The molecule has 2 heterocycles. The van der Waals surface area contributed by atoms with Crippen LogP contribution in [0, 0.1) is 6.92 Å². The standard InChI is InChI=1S/C15H18ClN3O/c1-10-12-9-11(16)3-4-13(12)17-14(10)15(20)19-7-5-18(2)6-8-19/h3-4,9,17H,5-8H2,1-2H3. The Balaban J connectivity index is 1.93. The number of hydrogen-bond acceptors (Lipinski definition) is 2. The molecule has 1 aliphatic rings. The van der Waals surface area contributed by atoms with Crippen LogP contribution in [0.1, 0.15) is 16.1 Å². The fourth-order valence-electron chi connectivity index (χ4n) is 2.68. The maximum atomic E-state index is 12.6. The summed E-state index contributed by atoms with van der Waals surface area (Å²) < 4.78 is 0. The zero-order chi connectivity index (χ0) is 14.3. The first-order valence-corrected chi connectivity index (χ1v) is 7.19. The van der Waals surface area contributed by atoms with Crippen molar-refractivity contribution in [1.82, 2.24) is 14.8 Å². The lowest BCUT2D eigenvalue weighted by atomic mass is 10.1. The average molecular weight is 292 g/mol. The van der Waals surface area contributed by atoms with Gasteiger partial charge < -0.3 is 14.8 Å². The predicted molar refractivity (Wildman–Crippen MR) is 81.4 cm³/mol. The van der Waals surface area contributed by atoms with Gasteiger partial charge in [-0.05, 0) is 37.7 Å². The van der Waals surface area contributed by atoms with E-state index in [4.69, 9.17) is 11.6 Å². The van der Waals surface area contributed by atoms with Crippen molar-refractivity contribution in [3.63, 3.8) is 0 Å². The van der Waals surface area contributed by atoms with E-state index in [0.29, 0.717) is 10.7 Å². The van der Waals surface area contributed by atoms with E-state index < -0.39 is 0 Å². The topological polar surface area (TPSA) is 39.3 Å². The minimum absolute atomic E-state index is 0.0860. The van der Waals surface area contributed by atoms with Crippen LogP contribution in [0.5, 0.6) is 0 Å². The lowest BCUT2D eigenvalue weighted by molar-refractivity contribution is 0.0658. The first-order chi connectivity index (χ1) is 9.56. The fraction of sp³-hybridized carbons (Fsp3) is 0.400. The van der Waals surface area contributed by atoms with Gasteiger partial charge in [0.05, 0.1) is 0 Å². The quantitative estimate of drug-likeness (QED) is 0.877. The first kappa shape index (κ1) is 13.5. The molecular weight excluding hydrogens is 274 g/mol. The van der Waals surface area contributed by atoms with Crippen LogP contribution < -0.4 is 0 Å². The molecule has 1 fully saturated rings. The Labute approximate surface area is 123 Å². The highest BCUT2D eigenvalue weighted by atomic mass is 35.5. The summed E-state index contributed by atoms with van der Waals surface area (Å²) in [5, 5.41) is 1.72. The van der Waals surface area contributed by atoms with Crippen LogP contribution in [0.4, 0.5) is 0 Å². The highest BCUT2D eigenvalue weighted by Crippen LogP contribution is 2.25. The monoisotopic (exact) mass is 291 g/mol. The number of halogens is 1. The summed E-state index contributed by atoms with van der Waals surface area (Å²) in [6.45, 7) is 5.39. The molecule has 1 aromatic carbocycles. The third-order valence-corrected chi connectivity index (χ3v) is 4.26. The van der Waals surface area contributed by atoms with Crippen LogP contribution in [-0.2, 0) is 0 Å². The molecule has 3 rings (SSSR count). The summed E-state index contributed by atoms with van der Waals surface area (Å²) in [4.78, 5) is 20.0. The van der Waals surface area contributed by atoms with Gasteiger partial charge in [-0.3, -0.25) is 4.79 Å². The number of aryl methyl sites for hydroxylation is 1. The van der Waals surface area contributed by atoms with E-state index in [9.17, 15) is 4.79 Å². The number of H-pyrrole nitrogens is 1. The van der Waals surface area contributed by atoms with E-state index in [2.05, 4.69) is 16.9 Å². The lowest BCUT2D eigenvalue weighted by Crippen LogP contribution is -2.47. The Bertz CT molecular complexity index is 656. The van der Waals surface area contributed by atoms with Crippen LogP contribution in [0.25, 0.3) is 10.9 Å². The highest BCUT2D eigenvalue weighted by Gasteiger charge is 2.23. The second kappa shape index (κ2) is 5.11. The lowest BCUT2D eigenvalue weighted by Gasteiger charge is -2.32. The van der Waals surface area contributed by atoms with Crippen LogP contribution in [0.3, 0.4) is 0 Å². The van der Waals surface area contributed by atoms with E-state index in [1.54, 1.807) is 0 Å². The van der Waals surface area contributed by atoms with E-state index in [1.165, 1.54) is 0 Å². The molecule has 1 aliphatic heterocycles. The second-order valence-electron chi connectivity index (χ2n) is 5.41. The average Bonchev–Trinajstić information content (AvgIpc) is 2.76. The van der Waals surface area contributed by atoms with Crippen molar-refractivity contribution < 1.29 is 4.79 Å². The molecule has 4 nitrogen and oxygen atoms in total. The molecule has 1 aromatic heterocycles. The zero-order valence-electron chi connectivity index (χ0n) is 11.7. The summed E-state index contributed by atoms with van der Waals surface area (Å²) in [6, 6.07) is 5.67. The summed E-state index contributed by atoms with van der Waals surface area (Å²) in [5.74, 6) is 0.0860. The van der Waals surface area contributed by atoms with Gasteiger partial charge in [0, 0.05) is 42.1 Å². The van der Waals surface area contributed by atoms with E-state index >= 15 is 0 Å². The summed E-state index contributed by atoms with van der Waals surface area (Å²) in [5.41, 5.74) is 2.63. The highest BCUT2D eigenvalue weighted by molar-refractivity contribution is 6.31. The number of piperazine rings is 1. The van der Waals surface area contributed by atoms with Gasteiger partial charge >= 0.3 is 0 Å². The molecule has 2 aromatic rings. The Kier molecular flexibility index (Phi) is 3.44. The summed E-state index contributed by atoms with van der Waals surface area (Å²) in [6.07, 6.45) is 0. The van der Waals surface area contributed by atoms with E-state index in [1.807, 2.05) is 30.0 Å². The van der Waals surface area contributed by atoms with Crippen LogP contribution >= 0.6 is 11.6 Å². The number of carbonyl (C=O) groups is 1. The van der Waals surface area contributed by atoms with Gasteiger partial charge in [-0.1, -0.05) is 11.6 Å². The molecule has 1 amide bonds. The Morgan fingerprint density at radius 3 is 2.65 bits per heavy atom. The molecule has 0 atom stereocenters. The number of rotatable bonds is 1. The van der Waals surface area contributed by atoms with Gasteiger partial charge in [-0.15, -0.1) is 0 Å². The number of carbonyl (C=O) groups excluding carboxylic acids is 1. The van der Waals surface area contributed by atoms with Gasteiger partial charge in [0.2, 0.25) is 0 Å². The minimum Gasteiger partial charge on any atom is -0.350 e. The van der Waals surface area contributed by atoms with Gasteiger partial charge in [0.25, 0.3) is 5.91 Å². The van der Waals surface area contributed by atoms with Gasteiger partial charge in [0.15, 0.2) is 0 Å². The van der Waals surface area contributed by atoms with Crippen LogP contribution in [0.15, 0.2) is 18.2 Å². The predicted octanol–water partition coefficient (Wildman–Crippen LogP) is 2.52. The Morgan fingerprint density at radius 2 is 1.95 bits per heavy atom. The summed E-state index contributed by atoms with van der Waals surface area (Å²) >= 11 is 6.03. The molecule has 106 valence electrons. The number of nitrogens with zero attached hydrogens (tertiary/aromatic N) is 2. The molecule has 5 heteroatoms. The minimum atomic E-state index is 0.0860. The third-order valence-electron chi connectivity index (χ3n) is 4.02. The Morgan fingerprint density at radius 1 is 1.25 bits per heavy atom. The molecule has 1 saturated heterocycles. The number of amides is 1. The number of aromatic nitrogens is 1. The number of benzene rings is 1. The van der Waals surface area contributed by atoms with Gasteiger partial charge in [-0.25, -0.2) is 0 Å². The van der Waals surface area contributed by atoms with Gasteiger partial charge in [0.1, 0.15) is 5.69 Å². The second-order valence-corrected chi connectivity index (χ2v) is 5.85. The van der Waals surface area contributed by atoms with Crippen molar-refractivity contribution in [2.24, 2.45) is 0 Å². The zero-order valence-corrected chi connectivity index (χ0v) is 12.5. The molecule has 0 aliphatic carbocycles.